The molecule has 1 atom stereocenters. The molecule has 0 spiro atoms. The van der Waals surface area contributed by atoms with Gasteiger partial charge in [0.1, 0.15) is 16.8 Å². The Kier molecular flexibility index (Phi) is 4.50. The third kappa shape index (κ3) is 2.97. The van der Waals surface area contributed by atoms with Crippen LogP contribution in [0.5, 0.6) is 5.88 Å². The lowest BCUT2D eigenvalue weighted by atomic mass is 9.83. The minimum absolute atomic E-state index is 0.00837. The van der Waals surface area contributed by atoms with E-state index in [2.05, 4.69) is 21.4 Å². The fourth-order valence-corrected chi connectivity index (χ4v) is 4.32. The first-order valence-electron chi connectivity index (χ1n) is 9.61. The quantitative estimate of drug-likeness (QED) is 0.501. The summed E-state index contributed by atoms with van der Waals surface area (Å²) in [5, 5.41) is 22.4. The summed E-state index contributed by atoms with van der Waals surface area (Å²) >= 11 is 6.86. The molecular formula is C23H17ClN6O. The number of nitrogens with one attached hydrogen (secondary N) is 1. The van der Waals surface area contributed by atoms with Crippen molar-refractivity contribution in [2.45, 2.75) is 12.8 Å². The van der Waals surface area contributed by atoms with E-state index in [1.54, 1.807) is 4.68 Å². The van der Waals surface area contributed by atoms with E-state index in [0.717, 1.165) is 16.9 Å². The van der Waals surface area contributed by atoms with Crippen LogP contribution in [0.4, 0.5) is 0 Å². The Labute approximate surface area is 183 Å². The topological polar surface area (TPSA) is 106 Å². The maximum absolute atomic E-state index is 9.95. The number of allylic oxidation sites excluding steroid dienone is 1. The third-order valence-electron chi connectivity index (χ3n) is 5.34. The van der Waals surface area contributed by atoms with Crippen LogP contribution in [0.1, 0.15) is 22.7 Å². The third-order valence-corrected chi connectivity index (χ3v) is 5.70. The number of nitrogens with zero attached hydrogens (tertiary/aromatic N) is 4. The van der Waals surface area contributed by atoms with Gasteiger partial charge in [-0.1, -0.05) is 60.1 Å². The average Bonchev–Trinajstić information content (AvgIpc) is 3.34. The molecule has 2 aromatic carbocycles. The molecule has 8 heteroatoms. The molecule has 3 heterocycles. The molecule has 0 saturated carbocycles. The predicted octanol–water partition coefficient (Wildman–Crippen LogP) is 4.44. The van der Waals surface area contributed by atoms with Crippen LogP contribution in [-0.2, 0) is 0 Å². The highest BCUT2D eigenvalue weighted by Gasteiger charge is 2.39. The number of para-hydroxylation sites is 1. The molecule has 3 N–H and O–H groups in total. The summed E-state index contributed by atoms with van der Waals surface area (Å²) in [5.74, 6) is -0.245. The van der Waals surface area contributed by atoms with Crippen LogP contribution in [0.15, 0.2) is 72.1 Å². The first kappa shape index (κ1) is 19.0. The molecule has 31 heavy (non-hydrogen) atoms. The smallest absolute Gasteiger partial charge is 0.244 e. The summed E-state index contributed by atoms with van der Waals surface area (Å²) in [6.45, 7) is 1.86. The van der Waals surface area contributed by atoms with Crippen molar-refractivity contribution in [2.24, 2.45) is 5.73 Å². The first-order valence-corrected chi connectivity index (χ1v) is 9.99. The minimum atomic E-state index is -0.576. The van der Waals surface area contributed by atoms with Gasteiger partial charge in [0.2, 0.25) is 11.8 Å². The van der Waals surface area contributed by atoms with Crippen molar-refractivity contribution in [3.05, 3.63) is 94.1 Å². The van der Waals surface area contributed by atoms with E-state index in [4.69, 9.17) is 22.1 Å². The van der Waals surface area contributed by atoms with Gasteiger partial charge in [0.05, 0.1) is 28.6 Å². The monoisotopic (exact) mass is 428 g/mol. The van der Waals surface area contributed by atoms with Crippen LogP contribution in [0.2, 0.25) is 5.15 Å². The standard InChI is InChI=1S/C23H17ClN6O/c1-13-17(21(24)30(29-13)15-10-6-3-7-11-15)18-16(12-25)22(26)31-23-19(18)20(27-28-23)14-8-4-2-5-9-14/h2-11,18H,26H2,1H3,(H,27,28). The summed E-state index contributed by atoms with van der Waals surface area (Å²) in [5.41, 5.74) is 10.9. The second-order valence-corrected chi connectivity index (χ2v) is 7.50. The number of nitrogens with two attached hydrogens (primary N) is 1. The molecule has 5 rings (SSSR count). The van der Waals surface area contributed by atoms with Crippen LogP contribution < -0.4 is 10.5 Å². The van der Waals surface area contributed by atoms with E-state index >= 15 is 0 Å². The zero-order chi connectivity index (χ0) is 21.5. The Morgan fingerprint density at radius 2 is 1.77 bits per heavy atom. The predicted molar refractivity (Wildman–Crippen MR) is 117 cm³/mol. The molecule has 0 bridgehead atoms. The molecule has 2 aromatic heterocycles. The van der Waals surface area contributed by atoms with Crippen molar-refractivity contribution in [3.8, 4) is 28.9 Å². The van der Waals surface area contributed by atoms with Gasteiger partial charge in [0, 0.05) is 5.56 Å². The highest BCUT2D eigenvalue weighted by molar-refractivity contribution is 6.30. The van der Waals surface area contributed by atoms with Crippen molar-refractivity contribution in [1.82, 2.24) is 20.0 Å². The normalized spacial score (nSPS) is 15.3. The van der Waals surface area contributed by atoms with E-state index in [9.17, 15) is 5.26 Å². The number of ether oxygens (including phenoxy) is 1. The maximum atomic E-state index is 9.95. The molecule has 0 aliphatic carbocycles. The van der Waals surface area contributed by atoms with Gasteiger partial charge >= 0.3 is 0 Å². The largest absolute Gasteiger partial charge is 0.420 e. The Morgan fingerprint density at radius 1 is 1.10 bits per heavy atom. The fourth-order valence-electron chi connectivity index (χ4n) is 3.94. The van der Waals surface area contributed by atoms with Crippen LogP contribution >= 0.6 is 11.6 Å². The summed E-state index contributed by atoms with van der Waals surface area (Å²) in [7, 11) is 0. The van der Waals surface area contributed by atoms with E-state index in [1.165, 1.54) is 0 Å². The molecule has 1 aliphatic heterocycles. The van der Waals surface area contributed by atoms with Gasteiger partial charge in [-0.15, -0.1) is 5.10 Å². The molecule has 0 fully saturated rings. The number of benzene rings is 2. The van der Waals surface area contributed by atoms with E-state index in [0.29, 0.717) is 27.9 Å². The van der Waals surface area contributed by atoms with Gasteiger partial charge < -0.3 is 10.5 Å². The maximum Gasteiger partial charge on any atom is 0.244 e. The van der Waals surface area contributed by atoms with Crippen molar-refractivity contribution in [1.29, 1.82) is 5.26 Å². The number of fused-ring (bicyclic) bond motifs is 1. The number of aromatic nitrogens is 4. The lowest BCUT2D eigenvalue weighted by molar-refractivity contribution is 0.379. The van der Waals surface area contributed by atoms with Crippen LogP contribution in [0, 0.1) is 18.3 Å². The van der Waals surface area contributed by atoms with Gasteiger partial charge in [0.15, 0.2) is 0 Å². The summed E-state index contributed by atoms with van der Waals surface area (Å²) < 4.78 is 7.34. The van der Waals surface area contributed by atoms with E-state index in [-0.39, 0.29) is 11.5 Å². The van der Waals surface area contributed by atoms with Crippen molar-refractivity contribution in [3.63, 3.8) is 0 Å². The Hall–Kier alpha value is -4.02. The fraction of sp³-hybridized carbons (Fsp3) is 0.0870. The summed E-state index contributed by atoms with van der Waals surface area (Å²) in [4.78, 5) is 0. The summed E-state index contributed by atoms with van der Waals surface area (Å²) in [6.07, 6.45) is 0. The van der Waals surface area contributed by atoms with Crippen LogP contribution in [0.3, 0.4) is 0 Å². The Balaban J connectivity index is 1.76. The van der Waals surface area contributed by atoms with Crippen molar-refractivity contribution in [2.75, 3.05) is 0 Å². The van der Waals surface area contributed by atoms with Gasteiger partial charge in [-0.3, -0.25) is 5.10 Å². The van der Waals surface area contributed by atoms with E-state index in [1.807, 2.05) is 67.6 Å². The van der Waals surface area contributed by atoms with Gasteiger partial charge in [0.25, 0.3) is 0 Å². The number of halogens is 1. The molecule has 0 amide bonds. The number of aryl methyl sites for hydroxylation is 1. The number of rotatable bonds is 3. The molecule has 1 aliphatic rings. The number of hydrogen-bond acceptors (Lipinski definition) is 5. The first-order chi connectivity index (χ1) is 15.1. The number of aromatic amines is 1. The zero-order valence-electron chi connectivity index (χ0n) is 16.5. The number of nitriles is 1. The summed E-state index contributed by atoms with van der Waals surface area (Å²) in [6, 6.07) is 21.5. The van der Waals surface area contributed by atoms with E-state index < -0.39 is 5.92 Å². The van der Waals surface area contributed by atoms with Crippen LogP contribution in [0.25, 0.3) is 16.9 Å². The number of hydrogen-bond donors (Lipinski definition) is 2. The van der Waals surface area contributed by atoms with Gasteiger partial charge in [-0.05, 0) is 24.6 Å². The van der Waals surface area contributed by atoms with Crippen LogP contribution in [-0.4, -0.2) is 20.0 Å². The lowest BCUT2D eigenvalue weighted by Crippen LogP contribution is -2.21. The molecule has 152 valence electrons. The lowest BCUT2D eigenvalue weighted by Gasteiger charge is -2.24. The minimum Gasteiger partial charge on any atom is -0.420 e. The molecular weight excluding hydrogens is 412 g/mol. The van der Waals surface area contributed by atoms with Crippen molar-refractivity contribution < 1.29 is 4.74 Å². The second-order valence-electron chi connectivity index (χ2n) is 7.15. The Morgan fingerprint density at radius 3 is 2.45 bits per heavy atom. The van der Waals surface area contributed by atoms with Gasteiger partial charge in [-0.2, -0.15) is 10.4 Å². The highest BCUT2D eigenvalue weighted by atomic mass is 35.5. The molecule has 0 radical (unpaired) electrons. The zero-order valence-corrected chi connectivity index (χ0v) is 17.3. The highest BCUT2D eigenvalue weighted by Crippen LogP contribution is 2.48. The average molecular weight is 429 g/mol. The van der Waals surface area contributed by atoms with Crippen molar-refractivity contribution >= 4 is 11.6 Å². The second kappa shape index (κ2) is 7.35. The number of H-pyrrole nitrogens is 1. The molecule has 1 unspecified atom stereocenters. The molecule has 7 nitrogen and oxygen atoms in total. The molecule has 0 saturated heterocycles. The Bertz CT molecular complexity index is 1350. The van der Waals surface area contributed by atoms with Gasteiger partial charge in [-0.25, -0.2) is 4.68 Å². The molecule has 4 aromatic rings. The SMILES string of the molecule is Cc1nn(-c2ccccc2)c(Cl)c1C1C(C#N)=C(N)Oc2n[nH]c(-c3ccccc3)c21.